The van der Waals surface area contributed by atoms with Crippen LogP contribution in [-0.2, 0) is 14.8 Å². The minimum Gasteiger partial charge on any atom is -0.495 e. The van der Waals surface area contributed by atoms with E-state index in [1.165, 1.54) is 18.4 Å². The number of carbonyl (C=O) groups excluding carboxylic acids is 1. The van der Waals surface area contributed by atoms with Crippen molar-refractivity contribution in [3.63, 3.8) is 0 Å². The fraction of sp³-hybridized carbons (Fsp3) is 0.273. The first-order chi connectivity index (χ1) is 14.5. The first-order valence-corrected chi connectivity index (χ1v) is 11.9. The normalized spacial score (nSPS) is 11.8. The SMILES string of the molecule is COc1ccc(-c2sc(NC(=O)C(C)(C)C)nc2C)cc1S(=O)(=O)Nc1ccccc1. The maximum absolute atomic E-state index is 13.1. The van der Waals surface area contributed by atoms with E-state index in [-0.39, 0.29) is 16.6 Å². The van der Waals surface area contributed by atoms with E-state index in [2.05, 4.69) is 15.0 Å². The average Bonchev–Trinajstić information content (AvgIpc) is 3.07. The Bertz CT molecular complexity index is 1200. The summed E-state index contributed by atoms with van der Waals surface area (Å²) in [6.45, 7) is 7.29. The number of hydrogen-bond donors (Lipinski definition) is 2. The highest BCUT2D eigenvalue weighted by molar-refractivity contribution is 7.92. The standard InChI is InChI=1S/C22H25N3O4S2/c1-14-19(30-21(23-14)24-20(26)22(2,3)4)15-11-12-17(29-5)18(13-15)31(27,28)25-16-9-7-6-8-10-16/h6-13,25H,1-5H3,(H,23,24,26). The number of methoxy groups -OCH3 is 1. The molecule has 3 aromatic rings. The molecule has 0 saturated heterocycles. The van der Waals surface area contributed by atoms with Crippen LogP contribution in [0.25, 0.3) is 10.4 Å². The first-order valence-electron chi connectivity index (χ1n) is 9.56. The maximum atomic E-state index is 13.1. The highest BCUT2D eigenvalue weighted by Crippen LogP contribution is 2.37. The zero-order chi connectivity index (χ0) is 22.8. The van der Waals surface area contributed by atoms with Crippen molar-refractivity contribution in [3.05, 3.63) is 54.2 Å². The van der Waals surface area contributed by atoms with E-state index >= 15 is 0 Å². The third-order valence-electron chi connectivity index (χ3n) is 4.44. The number of rotatable bonds is 6. The van der Waals surface area contributed by atoms with Gasteiger partial charge in [0.05, 0.1) is 17.7 Å². The molecule has 7 nitrogen and oxygen atoms in total. The smallest absolute Gasteiger partial charge is 0.265 e. The molecule has 0 bridgehead atoms. The number of para-hydroxylation sites is 1. The van der Waals surface area contributed by atoms with Gasteiger partial charge in [-0.3, -0.25) is 9.52 Å². The van der Waals surface area contributed by atoms with Gasteiger partial charge in [-0.15, -0.1) is 0 Å². The highest BCUT2D eigenvalue weighted by atomic mass is 32.2. The van der Waals surface area contributed by atoms with Crippen molar-refractivity contribution in [1.82, 2.24) is 4.98 Å². The van der Waals surface area contributed by atoms with E-state index < -0.39 is 15.4 Å². The van der Waals surface area contributed by atoms with Crippen molar-refractivity contribution < 1.29 is 17.9 Å². The Kier molecular flexibility index (Phi) is 6.38. The van der Waals surface area contributed by atoms with Crippen LogP contribution in [0.15, 0.2) is 53.4 Å². The number of sulfonamides is 1. The zero-order valence-electron chi connectivity index (χ0n) is 18.0. The van der Waals surface area contributed by atoms with Crippen LogP contribution >= 0.6 is 11.3 Å². The molecule has 1 aromatic heterocycles. The summed E-state index contributed by atoms with van der Waals surface area (Å²) in [4.78, 5) is 17.5. The number of nitrogens with zero attached hydrogens (tertiary/aromatic N) is 1. The summed E-state index contributed by atoms with van der Waals surface area (Å²) in [5.74, 6) is 0.0912. The van der Waals surface area contributed by atoms with E-state index in [1.807, 2.05) is 33.8 Å². The van der Waals surface area contributed by atoms with E-state index in [0.717, 1.165) is 4.88 Å². The Balaban J connectivity index is 1.98. The number of carbonyl (C=O) groups is 1. The Morgan fingerprint density at radius 1 is 1.10 bits per heavy atom. The number of amides is 1. The lowest BCUT2D eigenvalue weighted by molar-refractivity contribution is -0.123. The number of aromatic nitrogens is 1. The summed E-state index contributed by atoms with van der Waals surface area (Å²) >= 11 is 1.29. The second kappa shape index (κ2) is 8.68. The maximum Gasteiger partial charge on any atom is 0.265 e. The molecule has 0 unspecified atom stereocenters. The van der Waals surface area contributed by atoms with Crippen molar-refractivity contribution in [1.29, 1.82) is 0 Å². The van der Waals surface area contributed by atoms with Gasteiger partial charge in [-0.25, -0.2) is 13.4 Å². The number of nitrogens with one attached hydrogen (secondary N) is 2. The van der Waals surface area contributed by atoms with Gasteiger partial charge in [0, 0.05) is 11.1 Å². The third kappa shape index (κ3) is 5.23. The number of ether oxygens (including phenoxy) is 1. The zero-order valence-corrected chi connectivity index (χ0v) is 19.6. The molecule has 1 heterocycles. The van der Waals surface area contributed by atoms with Crippen molar-refractivity contribution in [2.45, 2.75) is 32.6 Å². The van der Waals surface area contributed by atoms with Crippen molar-refractivity contribution >= 4 is 38.1 Å². The van der Waals surface area contributed by atoms with Crippen molar-refractivity contribution in [3.8, 4) is 16.2 Å². The predicted molar refractivity (Wildman–Crippen MR) is 124 cm³/mol. The lowest BCUT2D eigenvalue weighted by Gasteiger charge is -2.15. The van der Waals surface area contributed by atoms with Crippen LogP contribution < -0.4 is 14.8 Å². The van der Waals surface area contributed by atoms with Gasteiger partial charge < -0.3 is 10.1 Å². The summed E-state index contributed by atoms with van der Waals surface area (Å²) in [5.41, 5.74) is 1.26. The van der Waals surface area contributed by atoms with Gasteiger partial charge >= 0.3 is 0 Å². The molecule has 2 aromatic carbocycles. The molecule has 0 aliphatic carbocycles. The van der Waals surface area contributed by atoms with Crippen molar-refractivity contribution in [2.24, 2.45) is 5.41 Å². The molecular weight excluding hydrogens is 434 g/mol. The largest absolute Gasteiger partial charge is 0.495 e. The summed E-state index contributed by atoms with van der Waals surface area (Å²) in [6.07, 6.45) is 0. The molecule has 0 radical (unpaired) electrons. The minimum absolute atomic E-state index is 0.0180. The monoisotopic (exact) mass is 459 g/mol. The van der Waals surface area contributed by atoms with Gasteiger partial charge in [0.1, 0.15) is 10.6 Å². The molecule has 0 fully saturated rings. The predicted octanol–water partition coefficient (Wildman–Crippen LogP) is 4.91. The Morgan fingerprint density at radius 3 is 2.39 bits per heavy atom. The Labute approximate surface area is 186 Å². The first kappa shape index (κ1) is 22.8. The molecule has 2 N–H and O–H groups in total. The summed E-state index contributed by atoms with van der Waals surface area (Å²) in [7, 11) is -2.47. The number of thiazole rings is 1. The molecule has 1 amide bonds. The van der Waals surface area contributed by atoms with Gasteiger partial charge in [-0.2, -0.15) is 0 Å². The summed E-state index contributed by atoms with van der Waals surface area (Å²) in [6, 6.07) is 13.6. The van der Waals surface area contributed by atoms with Gasteiger partial charge in [0.2, 0.25) is 5.91 Å². The lowest BCUT2D eigenvalue weighted by atomic mass is 9.96. The second-order valence-corrected chi connectivity index (χ2v) is 10.6. The molecular formula is C22H25N3O4S2. The highest BCUT2D eigenvalue weighted by Gasteiger charge is 2.24. The molecule has 0 aliphatic heterocycles. The quantitative estimate of drug-likeness (QED) is 0.546. The minimum atomic E-state index is -3.89. The topological polar surface area (TPSA) is 97.4 Å². The molecule has 0 atom stereocenters. The number of benzene rings is 2. The molecule has 9 heteroatoms. The number of anilines is 2. The van der Waals surface area contributed by atoms with Crippen LogP contribution in [0.3, 0.4) is 0 Å². The van der Waals surface area contributed by atoms with Gasteiger partial charge in [0.25, 0.3) is 10.0 Å². The molecule has 0 spiro atoms. The van der Waals surface area contributed by atoms with E-state index in [9.17, 15) is 13.2 Å². The van der Waals surface area contributed by atoms with Crippen LogP contribution in [0.1, 0.15) is 26.5 Å². The lowest BCUT2D eigenvalue weighted by Crippen LogP contribution is -2.27. The third-order valence-corrected chi connectivity index (χ3v) is 6.96. The van der Waals surface area contributed by atoms with E-state index in [1.54, 1.807) is 42.5 Å². The van der Waals surface area contributed by atoms with Gasteiger partial charge in [0.15, 0.2) is 5.13 Å². The number of hydrogen-bond acceptors (Lipinski definition) is 6. The molecule has 0 aliphatic rings. The van der Waals surface area contributed by atoms with Crippen LogP contribution in [0.4, 0.5) is 10.8 Å². The number of aryl methyl sites for hydroxylation is 1. The van der Waals surface area contributed by atoms with E-state index in [4.69, 9.17) is 4.74 Å². The van der Waals surface area contributed by atoms with Gasteiger partial charge in [-0.1, -0.05) is 50.3 Å². The van der Waals surface area contributed by atoms with Crippen LogP contribution in [0, 0.1) is 12.3 Å². The van der Waals surface area contributed by atoms with Crippen LogP contribution in [-0.4, -0.2) is 26.4 Å². The fourth-order valence-electron chi connectivity index (χ4n) is 2.75. The van der Waals surface area contributed by atoms with Crippen LogP contribution in [0.5, 0.6) is 5.75 Å². The molecule has 164 valence electrons. The average molecular weight is 460 g/mol. The Hall–Kier alpha value is -2.91. The summed E-state index contributed by atoms with van der Waals surface area (Å²) in [5, 5.41) is 3.29. The summed E-state index contributed by atoms with van der Waals surface area (Å²) < 4.78 is 34.0. The Morgan fingerprint density at radius 2 is 1.77 bits per heavy atom. The van der Waals surface area contributed by atoms with Crippen LogP contribution in [0.2, 0.25) is 0 Å². The molecule has 31 heavy (non-hydrogen) atoms. The van der Waals surface area contributed by atoms with E-state index in [0.29, 0.717) is 22.1 Å². The van der Waals surface area contributed by atoms with Crippen molar-refractivity contribution in [2.75, 3.05) is 17.1 Å². The molecule has 3 rings (SSSR count). The molecule has 0 saturated carbocycles. The second-order valence-electron chi connectivity index (χ2n) is 7.97. The fourth-order valence-corrected chi connectivity index (χ4v) is 4.96. The van der Waals surface area contributed by atoms with Gasteiger partial charge in [-0.05, 0) is 42.8 Å².